The quantitative estimate of drug-likeness (QED) is 0.610. The number of aliphatic hydroxyl groups is 1. The van der Waals surface area contributed by atoms with Crippen molar-refractivity contribution in [1.29, 1.82) is 0 Å². The van der Waals surface area contributed by atoms with Gasteiger partial charge in [0.25, 0.3) is 0 Å². The molecule has 0 unspecified atom stereocenters. The highest BCUT2D eigenvalue weighted by atomic mass is 32.2. The van der Waals surface area contributed by atoms with Gasteiger partial charge in [0, 0.05) is 11.7 Å². The number of nitrogens with two attached hydrogens (primary N) is 1. The van der Waals surface area contributed by atoms with E-state index in [1.807, 2.05) is 0 Å². The first kappa shape index (κ1) is 9.95. The Kier molecular flexibility index (Phi) is 2.47. The minimum atomic E-state index is -2.97. The molecule has 0 saturated heterocycles. The van der Waals surface area contributed by atoms with E-state index in [2.05, 4.69) is 0 Å². The van der Waals surface area contributed by atoms with Gasteiger partial charge < -0.3 is 10.8 Å². The van der Waals surface area contributed by atoms with Crippen molar-refractivity contribution in [3.8, 4) is 0 Å². The highest BCUT2D eigenvalue weighted by Gasteiger charge is 2.44. The summed E-state index contributed by atoms with van der Waals surface area (Å²) in [7, 11) is -2.97. The second-order valence-electron chi connectivity index (χ2n) is 3.84. The van der Waals surface area contributed by atoms with Crippen molar-refractivity contribution in [3.63, 3.8) is 0 Å². The van der Waals surface area contributed by atoms with Crippen LogP contribution in [-0.2, 0) is 9.84 Å². The molecule has 0 radical (unpaired) electrons. The molecule has 4 nitrogen and oxygen atoms in total. The molecule has 0 aromatic carbocycles. The standard InChI is InChI=1S/C7H15NO3S/c1-12(10,11)5-7(4-8)2-6(9)3-7/h6,9H,2-5,8H2,1H3. The lowest BCUT2D eigenvalue weighted by molar-refractivity contribution is -0.0120. The Labute approximate surface area is 72.7 Å². The number of hydrogen-bond acceptors (Lipinski definition) is 4. The predicted molar refractivity (Wildman–Crippen MR) is 46.4 cm³/mol. The molecular formula is C7H15NO3S. The van der Waals surface area contributed by atoms with Crippen molar-refractivity contribution in [2.75, 3.05) is 18.6 Å². The van der Waals surface area contributed by atoms with E-state index in [-0.39, 0.29) is 17.3 Å². The normalized spacial score (nSPS) is 36.1. The summed E-state index contributed by atoms with van der Waals surface area (Å²) >= 11 is 0. The Morgan fingerprint density at radius 2 is 2.08 bits per heavy atom. The third kappa shape index (κ3) is 2.18. The summed E-state index contributed by atoms with van der Waals surface area (Å²) in [5.41, 5.74) is 5.12. The molecular weight excluding hydrogens is 178 g/mol. The summed E-state index contributed by atoms with van der Waals surface area (Å²) < 4.78 is 21.9. The van der Waals surface area contributed by atoms with Crippen LogP contribution in [0.15, 0.2) is 0 Å². The van der Waals surface area contributed by atoms with E-state index in [0.717, 1.165) is 0 Å². The molecule has 0 aliphatic heterocycles. The van der Waals surface area contributed by atoms with Crippen LogP contribution < -0.4 is 5.73 Å². The van der Waals surface area contributed by atoms with Gasteiger partial charge in [-0.2, -0.15) is 0 Å². The second kappa shape index (κ2) is 2.97. The van der Waals surface area contributed by atoms with Crippen LogP contribution in [0.4, 0.5) is 0 Å². The van der Waals surface area contributed by atoms with Crippen molar-refractivity contribution in [2.24, 2.45) is 11.1 Å². The topological polar surface area (TPSA) is 80.4 Å². The van der Waals surface area contributed by atoms with E-state index in [1.54, 1.807) is 0 Å². The molecule has 12 heavy (non-hydrogen) atoms. The molecule has 0 aromatic rings. The minimum Gasteiger partial charge on any atom is -0.393 e. The maximum Gasteiger partial charge on any atom is 0.148 e. The lowest BCUT2D eigenvalue weighted by atomic mass is 9.68. The van der Waals surface area contributed by atoms with Crippen LogP contribution in [0.2, 0.25) is 0 Å². The predicted octanol–water partition coefficient (Wildman–Crippen LogP) is -0.869. The fourth-order valence-corrected chi connectivity index (χ4v) is 3.31. The number of rotatable bonds is 3. The fraction of sp³-hybridized carbons (Fsp3) is 1.00. The molecule has 0 amide bonds. The van der Waals surface area contributed by atoms with E-state index in [0.29, 0.717) is 19.4 Å². The first-order valence-corrected chi connectivity index (χ1v) is 5.99. The first-order chi connectivity index (χ1) is 5.37. The second-order valence-corrected chi connectivity index (χ2v) is 5.98. The van der Waals surface area contributed by atoms with Crippen molar-refractivity contribution in [1.82, 2.24) is 0 Å². The van der Waals surface area contributed by atoms with Gasteiger partial charge >= 0.3 is 0 Å². The highest BCUT2D eigenvalue weighted by molar-refractivity contribution is 7.90. The zero-order chi connectivity index (χ0) is 9.41. The van der Waals surface area contributed by atoms with Crippen LogP contribution in [0.1, 0.15) is 12.8 Å². The molecule has 3 N–H and O–H groups in total. The zero-order valence-electron chi connectivity index (χ0n) is 7.16. The fourth-order valence-electron chi connectivity index (χ4n) is 1.84. The maximum atomic E-state index is 11.0. The van der Waals surface area contributed by atoms with Crippen molar-refractivity contribution < 1.29 is 13.5 Å². The molecule has 72 valence electrons. The van der Waals surface area contributed by atoms with Crippen LogP contribution in [-0.4, -0.2) is 38.2 Å². The molecule has 0 spiro atoms. The number of sulfone groups is 1. The van der Waals surface area contributed by atoms with Gasteiger partial charge in [0.05, 0.1) is 11.9 Å². The Hall–Kier alpha value is -0.130. The Morgan fingerprint density at radius 3 is 2.33 bits per heavy atom. The molecule has 0 bridgehead atoms. The first-order valence-electron chi connectivity index (χ1n) is 3.93. The van der Waals surface area contributed by atoms with Gasteiger partial charge in [-0.15, -0.1) is 0 Å². The maximum absolute atomic E-state index is 11.0. The van der Waals surface area contributed by atoms with Crippen LogP contribution in [0.25, 0.3) is 0 Å². The summed E-state index contributed by atoms with van der Waals surface area (Å²) in [6, 6.07) is 0. The molecule has 5 heteroatoms. The van der Waals surface area contributed by atoms with Gasteiger partial charge in [-0.1, -0.05) is 0 Å². The summed E-state index contributed by atoms with van der Waals surface area (Å²) in [6.45, 7) is 0.344. The summed E-state index contributed by atoms with van der Waals surface area (Å²) in [5.74, 6) is 0.105. The molecule has 1 aliphatic rings. The van der Waals surface area contributed by atoms with Crippen LogP contribution in [0.3, 0.4) is 0 Å². The van der Waals surface area contributed by atoms with Crippen LogP contribution in [0.5, 0.6) is 0 Å². The molecule has 1 saturated carbocycles. The average Bonchev–Trinajstić information content (AvgIpc) is 1.80. The van der Waals surface area contributed by atoms with Crippen LogP contribution >= 0.6 is 0 Å². The molecule has 0 atom stereocenters. The van der Waals surface area contributed by atoms with E-state index >= 15 is 0 Å². The Morgan fingerprint density at radius 1 is 1.58 bits per heavy atom. The summed E-state index contributed by atoms with van der Waals surface area (Å²) in [6.07, 6.45) is 1.90. The highest BCUT2D eigenvalue weighted by Crippen LogP contribution is 2.41. The van der Waals surface area contributed by atoms with Crippen molar-refractivity contribution in [3.05, 3.63) is 0 Å². The van der Waals surface area contributed by atoms with Gasteiger partial charge in [-0.25, -0.2) is 8.42 Å². The lowest BCUT2D eigenvalue weighted by Crippen LogP contribution is -2.50. The van der Waals surface area contributed by atoms with E-state index < -0.39 is 9.84 Å². The summed E-state index contributed by atoms with van der Waals surface area (Å²) in [5, 5.41) is 9.06. The molecule has 0 aromatic heterocycles. The SMILES string of the molecule is CS(=O)(=O)CC1(CN)CC(O)C1. The van der Waals surface area contributed by atoms with Crippen molar-refractivity contribution in [2.45, 2.75) is 18.9 Å². The van der Waals surface area contributed by atoms with Crippen LogP contribution in [0, 0.1) is 5.41 Å². The third-order valence-electron chi connectivity index (χ3n) is 2.34. The lowest BCUT2D eigenvalue weighted by Gasteiger charge is -2.44. The van der Waals surface area contributed by atoms with E-state index in [4.69, 9.17) is 10.8 Å². The number of aliphatic hydroxyl groups excluding tert-OH is 1. The van der Waals surface area contributed by atoms with Gasteiger partial charge in [-0.3, -0.25) is 0 Å². The smallest absolute Gasteiger partial charge is 0.148 e. The molecule has 0 heterocycles. The largest absolute Gasteiger partial charge is 0.393 e. The Balaban J connectivity index is 2.60. The minimum absolute atomic E-state index is 0.105. The monoisotopic (exact) mass is 193 g/mol. The number of hydrogen-bond donors (Lipinski definition) is 2. The van der Waals surface area contributed by atoms with E-state index in [1.165, 1.54) is 6.26 Å². The molecule has 1 rings (SSSR count). The summed E-state index contributed by atoms with van der Waals surface area (Å²) in [4.78, 5) is 0. The molecule has 1 aliphatic carbocycles. The zero-order valence-corrected chi connectivity index (χ0v) is 7.97. The van der Waals surface area contributed by atoms with Gasteiger partial charge in [-0.05, 0) is 19.4 Å². The average molecular weight is 193 g/mol. The van der Waals surface area contributed by atoms with Gasteiger partial charge in [0.1, 0.15) is 9.84 Å². The molecule has 1 fully saturated rings. The van der Waals surface area contributed by atoms with Crippen molar-refractivity contribution >= 4 is 9.84 Å². The third-order valence-corrected chi connectivity index (χ3v) is 3.48. The van der Waals surface area contributed by atoms with E-state index in [9.17, 15) is 8.42 Å². The van der Waals surface area contributed by atoms with Gasteiger partial charge in [0.15, 0.2) is 0 Å². The van der Waals surface area contributed by atoms with Gasteiger partial charge in [0.2, 0.25) is 0 Å². The Bertz CT molecular complexity index is 254.